The van der Waals surface area contributed by atoms with Crippen LogP contribution >= 0.6 is 22.7 Å². The molecule has 2 saturated heterocycles. The lowest BCUT2D eigenvalue weighted by atomic mass is 9.86. The number of carbonyl (C=O) groups is 7. The van der Waals surface area contributed by atoms with Crippen molar-refractivity contribution in [2.75, 3.05) is 0 Å². The molecular formula is C47H52F2N6O9S3. The van der Waals surface area contributed by atoms with E-state index in [1.165, 1.54) is 44.6 Å². The van der Waals surface area contributed by atoms with Crippen molar-refractivity contribution < 1.29 is 50.8 Å². The van der Waals surface area contributed by atoms with Gasteiger partial charge in [-0.05, 0) is 51.5 Å². The molecule has 2 aromatic heterocycles. The van der Waals surface area contributed by atoms with Crippen LogP contribution in [0.15, 0.2) is 59.3 Å². The minimum Gasteiger partial charge on any atom is -0.346 e. The van der Waals surface area contributed by atoms with Crippen molar-refractivity contribution in [1.82, 2.24) is 30.5 Å². The van der Waals surface area contributed by atoms with E-state index in [0.717, 1.165) is 21.6 Å². The summed E-state index contributed by atoms with van der Waals surface area (Å²) in [7, 11) is -3.58. The summed E-state index contributed by atoms with van der Waals surface area (Å²) in [6.45, 7) is 12.5. The Morgan fingerprint density at radius 1 is 0.672 bits per heavy atom. The lowest BCUT2D eigenvalue weighted by molar-refractivity contribution is -0.147. The second kappa shape index (κ2) is 18.8. The van der Waals surface area contributed by atoms with Gasteiger partial charge in [0.05, 0.1) is 23.4 Å². The molecule has 356 valence electrons. The fourth-order valence-electron chi connectivity index (χ4n) is 8.23. The highest BCUT2D eigenvalue weighted by atomic mass is 32.2. The predicted molar refractivity (Wildman–Crippen MR) is 246 cm³/mol. The first kappa shape index (κ1) is 49.2. The number of fused-ring (bicyclic) bond motifs is 2. The average molecular weight is 979 g/mol. The maximum atomic E-state index is 14.8. The van der Waals surface area contributed by atoms with Crippen LogP contribution in [-0.4, -0.2) is 71.7 Å². The van der Waals surface area contributed by atoms with E-state index in [2.05, 4.69) is 41.4 Å². The average Bonchev–Trinajstić information content (AvgIpc) is 4.01. The summed E-state index contributed by atoms with van der Waals surface area (Å²) < 4.78 is 57.5. The van der Waals surface area contributed by atoms with Crippen molar-refractivity contribution in [3.8, 4) is 0 Å². The van der Waals surface area contributed by atoms with Gasteiger partial charge in [0.25, 0.3) is 17.7 Å². The summed E-state index contributed by atoms with van der Waals surface area (Å²) in [5.41, 5.74) is 4.36. The van der Waals surface area contributed by atoms with E-state index >= 15 is 0 Å². The van der Waals surface area contributed by atoms with Crippen LogP contribution in [0.5, 0.6) is 0 Å². The molecule has 0 aliphatic carbocycles. The molecule has 6 heterocycles. The van der Waals surface area contributed by atoms with Gasteiger partial charge in [-0.15, -0.1) is 22.7 Å². The highest BCUT2D eigenvalue weighted by Gasteiger charge is 2.44. The summed E-state index contributed by atoms with van der Waals surface area (Å²) in [5.74, 6) is -7.58. The highest BCUT2D eigenvalue weighted by molar-refractivity contribution is 7.88. The zero-order valence-corrected chi connectivity index (χ0v) is 40.3. The Morgan fingerprint density at radius 3 is 1.52 bits per heavy atom. The molecule has 4 N–H and O–H groups in total. The van der Waals surface area contributed by atoms with Gasteiger partial charge in [0.1, 0.15) is 12.1 Å². The van der Waals surface area contributed by atoms with Gasteiger partial charge in [0, 0.05) is 58.6 Å². The number of benzene rings is 2. The Morgan fingerprint density at radius 2 is 1.09 bits per heavy atom. The zero-order chi connectivity index (χ0) is 48.8. The highest BCUT2D eigenvalue weighted by Crippen LogP contribution is 2.36. The molecule has 0 radical (unpaired) electrons. The molecule has 0 bridgehead atoms. The van der Waals surface area contributed by atoms with Gasteiger partial charge in [-0.25, -0.2) is 13.1 Å². The molecule has 7 amide bonds. The molecular weight excluding hydrogens is 927 g/mol. The third-order valence-corrected chi connectivity index (χ3v) is 15.6. The normalized spacial score (nSPS) is 18.9. The number of thiophene rings is 2. The molecule has 67 heavy (non-hydrogen) atoms. The van der Waals surface area contributed by atoms with E-state index in [1.807, 2.05) is 45.0 Å². The molecule has 8 rings (SSSR count). The van der Waals surface area contributed by atoms with Crippen LogP contribution in [0.1, 0.15) is 131 Å². The summed E-state index contributed by atoms with van der Waals surface area (Å²) in [4.78, 5) is 89.3. The first-order chi connectivity index (χ1) is 31.3. The summed E-state index contributed by atoms with van der Waals surface area (Å²) in [6, 6.07) is 11.8. The number of imide groups is 2. The van der Waals surface area contributed by atoms with Crippen molar-refractivity contribution in [1.29, 1.82) is 0 Å². The fourth-order valence-corrected chi connectivity index (χ4v) is 11.4. The van der Waals surface area contributed by atoms with Crippen molar-refractivity contribution in [3.63, 3.8) is 0 Å². The summed E-state index contributed by atoms with van der Waals surface area (Å²) >= 11 is 2.53. The van der Waals surface area contributed by atoms with Crippen molar-refractivity contribution >= 4 is 74.0 Å². The third kappa shape index (κ3) is 10.7. The van der Waals surface area contributed by atoms with Gasteiger partial charge in [-0.1, -0.05) is 90.1 Å². The fraction of sp³-hybridized carbons (Fsp3) is 0.426. The topological polar surface area (TPSA) is 208 Å². The molecule has 2 unspecified atom stereocenters. The van der Waals surface area contributed by atoms with E-state index in [4.69, 9.17) is 0 Å². The monoisotopic (exact) mass is 978 g/mol. The van der Waals surface area contributed by atoms with Crippen LogP contribution in [0.25, 0.3) is 0 Å². The van der Waals surface area contributed by atoms with Crippen LogP contribution < -0.4 is 20.7 Å². The van der Waals surface area contributed by atoms with Crippen molar-refractivity contribution in [2.24, 2.45) is 0 Å². The number of nitrogens with zero attached hydrogens (tertiary/aromatic N) is 2. The van der Waals surface area contributed by atoms with Gasteiger partial charge in [0.15, 0.2) is 0 Å². The first-order valence-corrected chi connectivity index (χ1v) is 25.1. The number of amides is 7. The van der Waals surface area contributed by atoms with Crippen LogP contribution in [0.3, 0.4) is 0 Å². The smallest absolute Gasteiger partial charge is 0.346 e. The lowest BCUT2D eigenvalue weighted by Gasteiger charge is -2.29. The van der Waals surface area contributed by atoms with Gasteiger partial charge < -0.3 is 15.1 Å². The van der Waals surface area contributed by atoms with Gasteiger partial charge in [-0.3, -0.25) is 44.2 Å². The Kier molecular flexibility index (Phi) is 13.8. The SMILES string of the molecule is CC(C)(C)c1ccc(C(F)(F)C(=O)NCc2scc3c2CN(C2CCC(=O)NC2=O)C3=O)cc1.CC(C)(C)c1ccc(CS(=O)(=O)NCc2scc3c2CN(C2CCC(=O)NC2=O)C3=O)cc1. The maximum absolute atomic E-state index is 14.8. The molecule has 0 saturated carbocycles. The van der Waals surface area contributed by atoms with E-state index in [0.29, 0.717) is 33.6 Å². The Labute approximate surface area is 395 Å². The molecule has 2 aromatic carbocycles. The number of sulfonamides is 1. The number of hydrogen-bond donors (Lipinski definition) is 4. The van der Waals surface area contributed by atoms with Crippen LogP contribution in [0.2, 0.25) is 0 Å². The molecule has 4 aliphatic rings. The number of rotatable bonds is 11. The lowest BCUT2D eigenvalue weighted by Crippen LogP contribution is -2.52. The van der Waals surface area contributed by atoms with E-state index < -0.39 is 51.3 Å². The largest absolute Gasteiger partial charge is 0.349 e. The molecule has 2 fully saturated rings. The molecule has 0 spiro atoms. The van der Waals surface area contributed by atoms with Gasteiger partial charge >= 0.3 is 5.92 Å². The quantitative estimate of drug-likeness (QED) is 0.137. The number of carbonyl (C=O) groups excluding carboxylic acids is 7. The van der Waals surface area contributed by atoms with Crippen LogP contribution in [-0.2, 0) is 82.7 Å². The van der Waals surface area contributed by atoms with Crippen molar-refractivity contribution in [3.05, 3.63) is 114 Å². The Balaban J connectivity index is 0.000000199. The third-order valence-electron chi connectivity index (χ3n) is 12.2. The van der Waals surface area contributed by atoms with E-state index in [1.54, 1.807) is 22.9 Å². The Bertz CT molecular complexity index is 2760. The van der Waals surface area contributed by atoms with E-state index in [-0.39, 0.29) is 85.7 Å². The number of nitrogens with one attached hydrogen (secondary N) is 4. The molecule has 2 atom stereocenters. The van der Waals surface area contributed by atoms with Crippen molar-refractivity contribution in [2.45, 2.75) is 128 Å². The summed E-state index contributed by atoms with van der Waals surface area (Å²) in [5, 5.41) is 10.1. The molecule has 4 aliphatic heterocycles. The van der Waals surface area contributed by atoms with Crippen LogP contribution in [0.4, 0.5) is 8.78 Å². The summed E-state index contributed by atoms with van der Waals surface area (Å²) in [6.07, 6.45) is 0.856. The zero-order valence-electron chi connectivity index (χ0n) is 37.8. The minimum absolute atomic E-state index is 0.00560. The number of piperidine rings is 2. The first-order valence-electron chi connectivity index (χ1n) is 21.7. The number of halogens is 2. The van der Waals surface area contributed by atoms with Gasteiger partial charge in [0.2, 0.25) is 33.7 Å². The minimum atomic E-state index is -3.72. The van der Waals surface area contributed by atoms with E-state index in [9.17, 15) is 50.8 Å². The number of alkyl halides is 2. The predicted octanol–water partition coefficient (Wildman–Crippen LogP) is 5.64. The standard InChI is InChI=1S/C24H25F2N3O4S.C23H27N3O5S2/c1-23(2,3)13-4-6-14(7-5-13)24(25,26)22(33)27-10-18-15-11-29(21(32)16(15)12-34-18)17-8-9-19(30)28-20(17)31;1-23(2,3)15-6-4-14(5-7-15)13-33(30,31)24-10-19-16-11-26(22(29)17(16)12-32-19)18-8-9-20(27)25-21(18)28/h4-7,12,17H,8-11H2,1-3H3,(H,27,33)(H,28,30,31);4-7,12,18,24H,8-11,13H2,1-3H3,(H,25,27,28). The maximum Gasteiger partial charge on any atom is 0.349 e. The molecule has 20 heteroatoms. The molecule has 15 nitrogen and oxygen atoms in total. The van der Waals surface area contributed by atoms with Gasteiger partial charge in [-0.2, -0.15) is 8.78 Å². The number of hydrogen-bond acceptors (Lipinski definition) is 11. The second-order valence-electron chi connectivity index (χ2n) is 19.0. The molecule has 4 aromatic rings. The Hall–Kier alpha value is -5.70. The second-order valence-corrected chi connectivity index (χ2v) is 22.7. The van der Waals surface area contributed by atoms with Crippen LogP contribution in [0, 0.1) is 0 Å².